The zero-order chi connectivity index (χ0) is 22.7. The molecule has 0 fully saturated rings. The monoisotopic (exact) mass is 423 g/mol. The quantitative estimate of drug-likeness (QED) is 0.508. The van der Waals surface area contributed by atoms with Crippen molar-refractivity contribution in [1.29, 1.82) is 0 Å². The van der Waals surface area contributed by atoms with Crippen LogP contribution in [0.2, 0.25) is 0 Å². The molecule has 0 saturated heterocycles. The number of hydrogen-bond acceptors (Lipinski definition) is 3. The largest absolute Gasteiger partial charge is 0.478 e. The second-order valence-electron chi connectivity index (χ2n) is 7.80. The fourth-order valence-corrected chi connectivity index (χ4v) is 3.57. The number of amides is 2. The first-order valence-corrected chi connectivity index (χ1v) is 10.2. The standard InChI is InChI=1S/C27H21NO4/c1-18-5-7-19(8-6-18)3-2-4-20-9-14-23-16-25(29)28(26(30)24(23)15-20)17-21-10-12-22(13-11-21)27(31)32/h5-15H,3,16-17H2,1H3,(H,31,32). The van der Waals surface area contributed by atoms with Crippen LogP contribution in [0, 0.1) is 18.8 Å². The molecule has 5 heteroatoms. The molecule has 5 nitrogen and oxygen atoms in total. The number of carbonyl (C=O) groups is 3. The third-order valence-electron chi connectivity index (χ3n) is 5.42. The minimum atomic E-state index is -1.02. The fourth-order valence-electron chi connectivity index (χ4n) is 3.57. The second kappa shape index (κ2) is 8.91. The van der Waals surface area contributed by atoms with Gasteiger partial charge in [0.2, 0.25) is 5.91 Å². The van der Waals surface area contributed by atoms with Crippen molar-refractivity contribution in [1.82, 2.24) is 4.90 Å². The summed E-state index contributed by atoms with van der Waals surface area (Å²) in [6, 6.07) is 19.7. The average Bonchev–Trinajstić information content (AvgIpc) is 2.78. The minimum Gasteiger partial charge on any atom is -0.478 e. The van der Waals surface area contributed by atoms with Crippen LogP contribution in [0.3, 0.4) is 0 Å². The summed E-state index contributed by atoms with van der Waals surface area (Å²) in [4.78, 5) is 37.8. The van der Waals surface area contributed by atoms with E-state index in [1.165, 1.54) is 22.6 Å². The molecule has 2 amide bonds. The van der Waals surface area contributed by atoms with E-state index >= 15 is 0 Å². The van der Waals surface area contributed by atoms with Gasteiger partial charge in [-0.1, -0.05) is 59.9 Å². The van der Waals surface area contributed by atoms with Crippen LogP contribution in [0.1, 0.15) is 48.5 Å². The van der Waals surface area contributed by atoms with Crippen LogP contribution >= 0.6 is 0 Å². The summed E-state index contributed by atoms with van der Waals surface area (Å²) in [7, 11) is 0. The Morgan fingerprint density at radius 1 is 0.969 bits per heavy atom. The molecule has 3 aromatic carbocycles. The number of hydrogen-bond donors (Lipinski definition) is 1. The van der Waals surface area contributed by atoms with E-state index in [0.29, 0.717) is 23.1 Å². The molecule has 1 heterocycles. The molecule has 1 N–H and O–H groups in total. The van der Waals surface area contributed by atoms with E-state index in [4.69, 9.17) is 5.11 Å². The molecule has 0 aliphatic carbocycles. The van der Waals surface area contributed by atoms with Crippen LogP contribution in [-0.2, 0) is 24.2 Å². The van der Waals surface area contributed by atoms with Crippen molar-refractivity contribution in [2.45, 2.75) is 26.3 Å². The highest BCUT2D eigenvalue weighted by molar-refractivity contribution is 6.09. The number of fused-ring (bicyclic) bond motifs is 1. The molecular formula is C27H21NO4. The Kier molecular flexibility index (Phi) is 5.87. The summed E-state index contributed by atoms with van der Waals surface area (Å²) in [5, 5.41) is 9.02. The van der Waals surface area contributed by atoms with Gasteiger partial charge < -0.3 is 5.11 Å². The zero-order valence-electron chi connectivity index (χ0n) is 17.6. The first-order valence-electron chi connectivity index (χ1n) is 10.2. The van der Waals surface area contributed by atoms with Gasteiger partial charge in [-0.05, 0) is 47.9 Å². The third kappa shape index (κ3) is 4.60. The Bertz CT molecular complexity index is 1260. The van der Waals surface area contributed by atoms with E-state index in [1.54, 1.807) is 24.3 Å². The Labute approximate surface area is 186 Å². The van der Waals surface area contributed by atoms with Crippen molar-refractivity contribution in [3.05, 3.63) is 106 Å². The van der Waals surface area contributed by atoms with Crippen molar-refractivity contribution in [3.63, 3.8) is 0 Å². The van der Waals surface area contributed by atoms with Crippen molar-refractivity contribution >= 4 is 17.8 Å². The Balaban J connectivity index is 1.52. The molecule has 1 aliphatic rings. The lowest BCUT2D eigenvalue weighted by Gasteiger charge is -2.27. The van der Waals surface area contributed by atoms with Crippen LogP contribution < -0.4 is 0 Å². The Morgan fingerprint density at radius 2 is 1.66 bits per heavy atom. The number of carboxylic acids is 1. The van der Waals surface area contributed by atoms with Crippen molar-refractivity contribution < 1.29 is 19.5 Å². The molecule has 0 unspecified atom stereocenters. The van der Waals surface area contributed by atoms with Crippen LogP contribution in [0.15, 0.2) is 66.7 Å². The summed E-state index contributed by atoms with van der Waals surface area (Å²) < 4.78 is 0. The van der Waals surface area contributed by atoms with Gasteiger partial charge in [0.15, 0.2) is 0 Å². The highest BCUT2D eigenvalue weighted by atomic mass is 16.4. The number of carbonyl (C=O) groups excluding carboxylic acids is 2. The summed E-state index contributed by atoms with van der Waals surface area (Å²) in [6.07, 6.45) is 0.758. The van der Waals surface area contributed by atoms with E-state index in [9.17, 15) is 14.4 Å². The summed E-state index contributed by atoms with van der Waals surface area (Å²) >= 11 is 0. The highest BCUT2D eigenvalue weighted by Gasteiger charge is 2.31. The van der Waals surface area contributed by atoms with Crippen LogP contribution in [0.25, 0.3) is 0 Å². The van der Waals surface area contributed by atoms with Crippen molar-refractivity contribution in [2.24, 2.45) is 0 Å². The average molecular weight is 423 g/mol. The highest BCUT2D eigenvalue weighted by Crippen LogP contribution is 2.23. The van der Waals surface area contributed by atoms with Crippen LogP contribution in [0.4, 0.5) is 0 Å². The Hall–Kier alpha value is -4.17. The molecule has 4 rings (SSSR count). The normalized spacial score (nSPS) is 12.7. The first kappa shape index (κ1) is 21.1. The number of benzene rings is 3. The van der Waals surface area contributed by atoms with Gasteiger partial charge in [-0.2, -0.15) is 0 Å². The number of aromatic carboxylic acids is 1. The predicted molar refractivity (Wildman–Crippen MR) is 120 cm³/mol. The van der Waals surface area contributed by atoms with Crippen molar-refractivity contribution in [2.75, 3.05) is 0 Å². The third-order valence-corrected chi connectivity index (χ3v) is 5.42. The number of aryl methyl sites for hydroxylation is 1. The van der Waals surface area contributed by atoms with Crippen molar-refractivity contribution in [3.8, 4) is 11.8 Å². The molecule has 0 spiro atoms. The van der Waals surface area contributed by atoms with E-state index < -0.39 is 5.97 Å². The van der Waals surface area contributed by atoms with Gasteiger partial charge in [-0.25, -0.2) is 4.79 Å². The molecule has 0 bridgehead atoms. The number of imide groups is 1. The van der Waals surface area contributed by atoms with Crippen LogP contribution in [0.5, 0.6) is 0 Å². The Morgan fingerprint density at radius 3 is 2.34 bits per heavy atom. The lowest BCUT2D eigenvalue weighted by atomic mass is 9.95. The topological polar surface area (TPSA) is 74.7 Å². The maximum Gasteiger partial charge on any atom is 0.335 e. The molecule has 0 radical (unpaired) electrons. The summed E-state index contributed by atoms with van der Waals surface area (Å²) in [6.45, 7) is 2.14. The fraction of sp³-hybridized carbons (Fsp3) is 0.148. The van der Waals surface area contributed by atoms with Gasteiger partial charge in [0.05, 0.1) is 18.5 Å². The van der Waals surface area contributed by atoms with E-state index in [-0.39, 0.29) is 30.3 Å². The van der Waals surface area contributed by atoms with E-state index in [1.807, 2.05) is 25.1 Å². The number of carboxylic acid groups (broad SMARTS) is 1. The second-order valence-corrected chi connectivity index (χ2v) is 7.80. The maximum absolute atomic E-state index is 13.0. The van der Waals surface area contributed by atoms with Crippen LogP contribution in [-0.4, -0.2) is 27.8 Å². The van der Waals surface area contributed by atoms with Gasteiger partial charge in [-0.15, -0.1) is 0 Å². The van der Waals surface area contributed by atoms with E-state index in [2.05, 4.69) is 24.0 Å². The molecule has 0 aromatic heterocycles. The molecule has 32 heavy (non-hydrogen) atoms. The van der Waals surface area contributed by atoms with Gasteiger partial charge in [-0.3, -0.25) is 14.5 Å². The SMILES string of the molecule is Cc1ccc(CC#Cc2ccc3c(c2)C(=O)N(Cc2ccc(C(=O)O)cc2)C(=O)C3)cc1. The summed E-state index contributed by atoms with van der Waals surface area (Å²) in [5.41, 5.74) is 5.08. The van der Waals surface area contributed by atoms with E-state index in [0.717, 1.165) is 11.1 Å². The summed E-state index contributed by atoms with van der Waals surface area (Å²) in [5.74, 6) is 4.60. The predicted octanol–water partition coefficient (Wildman–Crippen LogP) is 4.01. The molecule has 0 saturated carbocycles. The van der Waals surface area contributed by atoms with Gasteiger partial charge in [0.1, 0.15) is 0 Å². The number of rotatable bonds is 4. The molecule has 158 valence electrons. The lowest BCUT2D eigenvalue weighted by molar-refractivity contribution is -0.128. The molecule has 1 aliphatic heterocycles. The van der Waals surface area contributed by atoms with Gasteiger partial charge in [0, 0.05) is 17.5 Å². The van der Waals surface area contributed by atoms with Gasteiger partial charge >= 0.3 is 5.97 Å². The number of nitrogens with zero attached hydrogens (tertiary/aromatic N) is 1. The molecule has 0 atom stereocenters. The maximum atomic E-state index is 13.0. The molecular weight excluding hydrogens is 402 g/mol. The zero-order valence-corrected chi connectivity index (χ0v) is 17.6. The minimum absolute atomic E-state index is 0.0976. The lowest BCUT2D eigenvalue weighted by Crippen LogP contribution is -2.41. The molecule has 3 aromatic rings. The smallest absolute Gasteiger partial charge is 0.335 e. The van der Waals surface area contributed by atoms with Gasteiger partial charge in [0.25, 0.3) is 5.91 Å². The first-order chi connectivity index (χ1) is 15.4.